The quantitative estimate of drug-likeness (QED) is 0.755. The molecule has 3 unspecified atom stereocenters. The van der Waals surface area contributed by atoms with E-state index in [0.717, 1.165) is 25.8 Å². The van der Waals surface area contributed by atoms with Gasteiger partial charge in [0.15, 0.2) is 0 Å². The van der Waals surface area contributed by atoms with Crippen LogP contribution >= 0.6 is 0 Å². The van der Waals surface area contributed by atoms with Crippen molar-refractivity contribution in [1.82, 2.24) is 4.90 Å². The normalized spacial score (nSPS) is 29.1. The highest BCUT2D eigenvalue weighted by molar-refractivity contribution is 5.79. The van der Waals surface area contributed by atoms with Crippen LogP contribution < -0.4 is 5.73 Å². The minimum absolute atomic E-state index is 0.0809. The van der Waals surface area contributed by atoms with Crippen molar-refractivity contribution >= 4 is 5.91 Å². The largest absolute Gasteiger partial charge is 0.396 e. The molecule has 17 heavy (non-hydrogen) atoms. The monoisotopic (exact) mass is 242 g/mol. The molecule has 3 N–H and O–H groups in total. The molecule has 0 spiro atoms. The van der Waals surface area contributed by atoms with Gasteiger partial charge in [0.1, 0.15) is 0 Å². The van der Waals surface area contributed by atoms with E-state index in [1.165, 1.54) is 0 Å². The zero-order valence-electron chi connectivity index (χ0n) is 11.1. The molecule has 3 atom stereocenters. The van der Waals surface area contributed by atoms with Crippen molar-refractivity contribution in [2.24, 2.45) is 17.6 Å². The molecular weight excluding hydrogens is 216 g/mol. The fourth-order valence-electron chi connectivity index (χ4n) is 2.62. The summed E-state index contributed by atoms with van der Waals surface area (Å²) in [6, 6.07) is 0.177. The van der Waals surface area contributed by atoms with Gasteiger partial charge in [0.05, 0.1) is 0 Å². The predicted molar refractivity (Wildman–Crippen MR) is 68.4 cm³/mol. The lowest BCUT2D eigenvalue weighted by atomic mass is 9.77. The maximum Gasteiger partial charge on any atom is 0.225 e. The second kappa shape index (κ2) is 6.97. The number of aliphatic hydroxyl groups is 1. The first-order valence-corrected chi connectivity index (χ1v) is 6.75. The lowest BCUT2D eigenvalue weighted by molar-refractivity contribution is -0.138. The van der Waals surface area contributed by atoms with Crippen molar-refractivity contribution in [3.05, 3.63) is 0 Å². The molecule has 0 aliphatic heterocycles. The summed E-state index contributed by atoms with van der Waals surface area (Å²) in [5, 5.41) is 8.84. The molecule has 0 heterocycles. The number of aliphatic hydroxyl groups excluding tert-OH is 1. The zero-order chi connectivity index (χ0) is 12.8. The van der Waals surface area contributed by atoms with E-state index in [4.69, 9.17) is 10.8 Å². The Labute approximate surface area is 104 Å². The van der Waals surface area contributed by atoms with Crippen LogP contribution in [0.2, 0.25) is 0 Å². The number of hydrogen-bond donors (Lipinski definition) is 2. The summed E-state index contributed by atoms with van der Waals surface area (Å²) in [4.78, 5) is 14.2. The Morgan fingerprint density at radius 3 is 2.76 bits per heavy atom. The predicted octanol–water partition coefficient (Wildman–Crippen LogP) is 0.981. The third kappa shape index (κ3) is 3.96. The minimum Gasteiger partial charge on any atom is -0.396 e. The SMILES string of the molecule is CCN(CCCO)C(=O)C1CC(N)CCC1C. The molecule has 1 fully saturated rings. The van der Waals surface area contributed by atoms with Crippen molar-refractivity contribution in [3.63, 3.8) is 0 Å². The highest BCUT2D eigenvalue weighted by Crippen LogP contribution is 2.30. The van der Waals surface area contributed by atoms with Gasteiger partial charge in [-0.2, -0.15) is 0 Å². The van der Waals surface area contributed by atoms with Crippen LogP contribution in [-0.2, 0) is 4.79 Å². The Hall–Kier alpha value is -0.610. The van der Waals surface area contributed by atoms with Gasteiger partial charge in [-0.15, -0.1) is 0 Å². The Morgan fingerprint density at radius 2 is 2.18 bits per heavy atom. The average Bonchev–Trinajstić information content (AvgIpc) is 2.33. The van der Waals surface area contributed by atoms with Crippen molar-refractivity contribution in [3.8, 4) is 0 Å². The van der Waals surface area contributed by atoms with Crippen molar-refractivity contribution in [2.45, 2.75) is 45.6 Å². The van der Waals surface area contributed by atoms with Gasteiger partial charge in [0.2, 0.25) is 5.91 Å². The van der Waals surface area contributed by atoms with Gasteiger partial charge in [-0.1, -0.05) is 6.92 Å². The molecule has 1 amide bonds. The Balaban J connectivity index is 2.58. The van der Waals surface area contributed by atoms with Gasteiger partial charge in [-0.05, 0) is 38.5 Å². The second-order valence-corrected chi connectivity index (χ2v) is 5.15. The van der Waals surface area contributed by atoms with Crippen LogP contribution in [0.15, 0.2) is 0 Å². The molecule has 1 aliphatic rings. The molecule has 0 aromatic heterocycles. The lowest BCUT2D eigenvalue weighted by Crippen LogP contribution is -2.44. The maximum atomic E-state index is 12.4. The number of nitrogens with zero attached hydrogens (tertiary/aromatic N) is 1. The fraction of sp³-hybridized carbons (Fsp3) is 0.923. The maximum absolute atomic E-state index is 12.4. The van der Waals surface area contributed by atoms with E-state index >= 15 is 0 Å². The lowest BCUT2D eigenvalue weighted by Gasteiger charge is -2.35. The van der Waals surface area contributed by atoms with Gasteiger partial charge < -0.3 is 15.7 Å². The van der Waals surface area contributed by atoms with Crippen LogP contribution in [0.3, 0.4) is 0 Å². The van der Waals surface area contributed by atoms with E-state index in [9.17, 15) is 4.79 Å². The standard InChI is InChI=1S/C13H26N2O2/c1-3-15(7-4-8-16)13(17)12-9-11(14)6-5-10(12)2/h10-12,16H,3-9,14H2,1-2H3. The molecule has 0 aromatic rings. The fourth-order valence-corrected chi connectivity index (χ4v) is 2.62. The first-order valence-electron chi connectivity index (χ1n) is 6.75. The van der Waals surface area contributed by atoms with Crippen LogP contribution in [0.25, 0.3) is 0 Å². The van der Waals surface area contributed by atoms with Crippen LogP contribution in [-0.4, -0.2) is 41.7 Å². The molecular formula is C13H26N2O2. The van der Waals surface area contributed by atoms with Crippen LogP contribution in [0.1, 0.15) is 39.5 Å². The van der Waals surface area contributed by atoms with Gasteiger partial charge in [0, 0.05) is 31.7 Å². The van der Waals surface area contributed by atoms with Gasteiger partial charge in [-0.3, -0.25) is 4.79 Å². The van der Waals surface area contributed by atoms with E-state index in [2.05, 4.69) is 6.92 Å². The number of nitrogens with two attached hydrogens (primary N) is 1. The summed E-state index contributed by atoms with van der Waals surface area (Å²) in [6.07, 6.45) is 3.56. The Bertz CT molecular complexity index is 246. The van der Waals surface area contributed by atoms with Crippen LogP contribution in [0.4, 0.5) is 0 Å². The summed E-state index contributed by atoms with van der Waals surface area (Å²) in [5.41, 5.74) is 5.96. The van der Waals surface area contributed by atoms with E-state index in [0.29, 0.717) is 18.9 Å². The van der Waals surface area contributed by atoms with Crippen molar-refractivity contribution in [2.75, 3.05) is 19.7 Å². The molecule has 100 valence electrons. The average molecular weight is 242 g/mol. The Morgan fingerprint density at radius 1 is 1.47 bits per heavy atom. The van der Waals surface area contributed by atoms with E-state index in [1.807, 2.05) is 11.8 Å². The summed E-state index contributed by atoms with van der Waals surface area (Å²) in [7, 11) is 0. The topological polar surface area (TPSA) is 66.6 Å². The smallest absolute Gasteiger partial charge is 0.225 e. The third-order valence-electron chi connectivity index (χ3n) is 3.83. The molecule has 4 nitrogen and oxygen atoms in total. The number of rotatable bonds is 5. The number of amides is 1. The third-order valence-corrected chi connectivity index (χ3v) is 3.83. The molecule has 1 saturated carbocycles. The molecule has 4 heteroatoms. The summed E-state index contributed by atoms with van der Waals surface area (Å²) in [6.45, 7) is 5.65. The van der Waals surface area contributed by atoms with Crippen molar-refractivity contribution < 1.29 is 9.90 Å². The van der Waals surface area contributed by atoms with Gasteiger partial charge in [0.25, 0.3) is 0 Å². The molecule has 0 saturated heterocycles. The van der Waals surface area contributed by atoms with Gasteiger partial charge >= 0.3 is 0 Å². The number of carbonyl (C=O) groups is 1. The van der Waals surface area contributed by atoms with Crippen LogP contribution in [0.5, 0.6) is 0 Å². The summed E-state index contributed by atoms with van der Waals surface area (Å²) in [5.74, 6) is 0.742. The Kier molecular flexibility index (Phi) is 5.92. The first-order chi connectivity index (χ1) is 8.10. The summed E-state index contributed by atoms with van der Waals surface area (Å²) < 4.78 is 0. The highest BCUT2D eigenvalue weighted by Gasteiger charge is 2.33. The highest BCUT2D eigenvalue weighted by atomic mass is 16.3. The van der Waals surface area contributed by atoms with Crippen molar-refractivity contribution in [1.29, 1.82) is 0 Å². The molecule has 1 rings (SSSR count). The van der Waals surface area contributed by atoms with E-state index in [1.54, 1.807) is 0 Å². The minimum atomic E-state index is 0.0809. The molecule has 0 bridgehead atoms. The first kappa shape index (κ1) is 14.5. The zero-order valence-corrected chi connectivity index (χ0v) is 11.1. The van der Waals surface area contributed by atoms with Crippen LogP contribution in [0, 0.1) is 11.8 Å². The summed E-state index contributed by atoms with van der Waals surface area (Å²) >= 11 is 0. The molecule has 0 aromatic carbocycles. The van der Waals surface area contributed by atoms with Gasteiger partial charge in [-0.25, -0.2) is 0 Å². The van der Waals surface area contributed by atoms with E-state index in [-0.39, 0.29) is 24.5 Å². The molecule has 1 aliphatic carbocycles. The second-order valence-electron chi connectivity index (χ2n) is 5.15. The number of carbonyl (C=O) groups excluding carboxylic acids is 1. The molecule has 0 radical (unpaired) electrons. The van der Waals surface area contributed by atoms with E-state index < -0.39 is 0 Å². The number of hydrogen-bond acceptors (Lipinski definition) is 3.